The number of rotatable bonds is 0. The molecule has 0 heterocycles. The van der Waals surface area contributed by atoms with E-state index in [1.807, 2.05) is 0 Å². The fraction of sp³-hybridized carbons (Fsp3) is 0. The summed E-state index contributed by atoms with van der Waals surface area (Å²) in [6.45, 7) is 0. The molecular formula is F3Mn3Na3O9. The van der Waals surface area contributed by atoms with Crippen LogP contribution >= 0.6 is 0 Å². The van der Waals surface area contributed by atoms with Crippen molar-refractivity contribution < 1.29 is 175 Å². The van der Waals surface area contributed by atoms with E-state index in [2.05, 4.69) is 0 Å². The van der Waals surface area contributed by atoms with Gasteiger partial charge in [0.1, 0.15) is 0 Å². The Morgan fingerprint density at radius 2 is 0.500 bits per heavy atom. The van der Waals surface area contributed by atoms with E-state index in [1.54, 1.807) is 0 Å². The summed E-state index contributed by atoms with van der Waals surface area (Å²) < 4.78 is 107. The minimum atomic E-state index is -5.88. The van der Waals surface area contributed by atoms with Gasteiger partial charge in [0, 0.05) is 0 Å². The summed E-state index contributed by atoms with van der Waals surface area (Å²) in [4.78, 5) is 0. The standard InChI is InChI=1S/3FH.3Mn.3Na.9O/h3*1H;;;;;;;;;;;;;;;/q;;;6*+1;;;;;;;3*-1/p-3. The third-order valence-corrected chi connectivity index (χ3v) is 0. The molecule has 0 spiro atoms. The second-order valence-electron chi connectivity index (χ2n) is 1.09. The first kappa shape index (κ1) is 37.3. The van der Waals surface area contributed by atoms with Crippen molar-refractivity contribution in [3.63, 3.8) is 0 Å². The molecule has 0 bridgehead atoms. The van der Waals surface area contributed by atoms with E-state index in [9.17, 15) is 10.7 Å². The fourth-order valence-corrected chi connectivity index (χ4v) is 0. The quantitative estimate of drug-likeness (QED) is 0.335. The van der Waals surface area contributed by atoms with E-state index in [0.29, 0.717) is 0 Å². The fourth-order valence-electron chi connectivity index (χ4n) is 0. The average molecular weight is 435 g/mol. The minimum absolute atomic E-state index is 0. The molecule has 0 N–H and O–H groups in total. The van der Waals surface area contributed by atoms with Crippen molar-refractivity contribution in [2.45, 2.75) is 0 Å². The first-order valence-corrected chi connectivity index (χ1v) is 7.49. The molecule has 0 saturated carbocycles. The van der Waals surface area contributed by atoms with Gasteiger partial charge in [-0.25, -0.2) is 0 Å². The predicted octanol–water partition coefficient (Wildman–Crippen LogP) is -12.0. The van der Waals surface area contributed by atoms with Crippen LogP contribution in [0.25, 0.3) is 0 Å². The van der Waals surface area contributed by atoms with Crippen molar-refractivity contribution in [2.75, 3.05) is 0 Å². The summed E-state index contributed by atoms with van der Waals surface area (Å²) in [5.41, 5.74) is 0. The molecule has 18 heavy (non-hydrogen) atoms. The molecular weight excluding hydrogens is 435 g/mol. The van der Waals surface area contributed by atoms with Gasteiger partial charge >= 0.3 is 175 Å². The van der Waals surface area contributed by atoms with Gasteiger partial charge in [0.25, 0.3) is 0 Å². The maximum absolute atomic E-state index is 10.2. The van der Waals surface area contributed by atoms with Gasteiger partial charge in [-0.3, -0.25) is 0 Å². The van der Waals surface area contributed by atoms with Gasteiger partial charge in [0.05, 0.1) is 0 Å². The van der Waals surface area contributed by atoms with Gasteiger partial charge in [0.2, 0.25) is 0 Å². The van der Waals surface area contributed by atoms with Crippen LogP contribution in [0.1, 0.15) is 0 Å². The predicted molar refractivity (Wildman–Crippen MR) is 7.44 cm³/mol. The van der Waals surface area contributed by atoms with Crippen molar-refractivity contribution in [3.8, 4) is 0 Å². The molecule has 0 aromatic rings. The van der Waals surface area contributed by atoms with Crippen molar-refractivity contribution in [2.24, 2.45) is 0 Å². The molecule has 0 radical (unpaired) electrons. The van der Waals surface area contributed by atoms with E-state index in [-0.39, 0.29) is 88.7 Å². The molecule has 0 saturated heterocycles. The number of hydrogen-bond acceptors (Lipinski definition) is 9. The summed E-state index contributed by atoms with van der Waals surface area (Å²) >= 11 is -17.6. The van der Waals surface area contributed by atoms with Gasteiger partial charge in [0.15, 0.2) is 0 Å². The van der Waals surface area contributed by atoms with Gasteiger partial charge in [-0.05, 0) is 0 Å². The summed E-state index contributed by atoms with van der Waals surface area (Å²) in [5.74, 6) is 0. The molecule has 0 aliphatic heterocycles. The Balaban J connectivity index is -0.0000000277. The molecule has 0 aromatic carbocycles. The second kappa shape index (κ2) is 16.4. The van der Waals surface area contributed by atoms with Crippen LogP contribution < -0.4 is 101 Å². The summed E-state index contributed by atoms with van der Waals surface area (Å²) in [7, 11) is 0. The summed E-state index contributed by atoms with van der Waals surface area (Å²) in [6.07, 6.45) is 0. The molecule has 0 unspecified atom stereocenters. The van der Waals surface area contributed by atoms with Crippen molar-refractivity contribution in [1.29, 1.82) is 0 Å². The van der Waals surface area contributed by atoms with Crippen LogP contribution in [0.15, 0.2) is 0 Å². The molecule has 0 aliphatic carbocycles. The van der Waals surface area contributed by atoms with E-state index in [1.165, 1.54) is 0 Å². The second-order valence-corrected chi connectivity index (χ2v) is 4.50. The summed E-state index contributed by atoms with van der Waals surface area (Å²) in [5, 5.41) is 0. The Bertz CT molecular complexity index is 353. The molecule has 99 valence electrons. The van der Waals surface area contributed by atoms with Crippen LogP contribution in [-0.2, 0) is 63.5 Å². The Labute approximate surface area is 172 Å². The van der Waals surface area contributed by atoms with E-state index >= 15 is 0 Å². The van der Waals surface area contributed by atoms with Gasteiger partial charge < -0.3 is 0 Å². The molecule has 0 fully saturated rings. The average Bonchev–Trinajstić information content (AvgIpc) is 1.41. The zero-order chi connectivity index (χ0) is 13.5. The zero-order valence-corrected chi connectivity index (χ0v) is 18.5. The van der Waals surface area contributed by atoms with Gasteiger partial charge in [-0.15, -0.1) is 0 Å². The molecule has 0 aromatic heterocycles. The van der Waals surface area contributed by atoms with Crippen molar-refractivity contribution in [3.05, 3.63) is 0 Å². The molecule has 0 amide bonds. The number of halogens is 3. The third kappa shape index (κ3) is 674. The van der Waals surface area contributed by atoms with Crippen molar-refractivity contribution >= 4 is 0 Å². The maximum atomic E-state index is 10.2. The van der Waals surface area contributed by atoms with Gasteiger partial charge in [-0.2, -0.15) is 0 Å². The third-order valence-electron chi connectivity index (χ3n) is 0. The topological polar surface area (TPSA) is 172 Å². The SMILES string of the molecule is [Na+].[Na+].[Na+].[O]=[Mn](=[O])([O-])[F].[O]=[Mn](=[O])([O-])[F].[O]=[Mn](=[O])([O-])[F]. The molecule has 9 nitrogen and oxygen atoms in total. The van der Waals surface area contributed by atoms with Crippen LogP contribution in [0.5, 0.6) is 0 Å². The zero-order valence-electron chi connectivity index (χ0n) is 8.94. The van der Waals surface area contributed by atoms with Crippen LogP contribution in [0, 0.1) is 0 Å². The Morgan fingerprint density at radius 3 is 0.500 bits per heavy atom. The Morgan fingerprint density at radius 1 is 0.500 bits per heavy atom. The van der Waals surface area contributed by atoms with Crippen molar-refractivity contribution in [1.82, 2.24) is 0 Å². The van der Waals surface area contributed by atoms with E-state index in [4.69, 9.17) is 35.6 Å². The molecule has 0 aliphatic rings. The van der Waals surface area contributed by atoms with Crippen LogP contribution in [0.2, 0.25) is 0 Å². The Hall–Kier alpha value is 3.03. The molecule has 0 atom stereocenters. The normalized spacial score (nSPS) is 9.67. The summed E-state index contributed by atoms with van der Waals surface area (Å²) in [6, 6.07) is 0. The first-order chi connectivity index (χ1) is 6.00. The van der Waals surface area contributed by atoms with Gasteiger partial charge in [-0.1, -0.05) is 0 Å². The van der Waals surface area contributed by atoms with E-state index in [0.717, 1.165) is 0 Å². The number of hydrogen-bond donors (Lipinski definition) is 0. The Kier molecular flexibility index (Phi) is 34.0. The molecule has 0 rings (SSSR count). The van der Waals surface area contributed by atoms with Crippen LogP contribution in [0.3, 0.4) is 0 Å². The van der Waals surface area contributed by atoms with Crippen LogP contribution in [-0.4, -0.2) is 0 Å². The van der Waals surface area contributed by atoms with Crippen LogP contribution in [0.4, 0.5) is 10.7 Å². The molecule has 18 heteroatoms. The first-order valence-electron chi connectivity index (χ1n) is 1.82. The monoisotopic (exact) mass is 435 g/mol. The van der Waals surface area contributed by atoms with E-state index < -0.39 is 40.5 Å².